The fourth-order valence-electron chi connectivity index (χ4n) is 3.86. The molecule has 2 aliphatic rings. The number of carboxylic acid groups (broad SMARTS) is 1. The zero-order valence-corrected chi connectivity index (χ0v) is 19.5. The number of amides is 3. The molecule has 1 aromatic rings. The molecule has 2 heterocycles. The van der Waals surface area contributed by atoms with Crippen LogP contribution in [0.15, 0.2) is 18.2 Å². The van der Waals surface area contributed by atoms with Crippen LogP contribution in [0.2, 0.25) is 0 Å². The lowest BCUT2D eigenvalue weighted by Gasteiger charge is -2.39. The van der Waals surface area contributed by atoms with E-state index in [9.17, 15) is 32.7 Å². The molecule has 188 valence electrons. The number of cyclic esters (lactones) is 1. The van der Waals surface area contributed by atoms with Gasteiger partial charge in [0.2, 0.25) is 5.91 Å². The van der Waals surface area contributed by atoms with E-state index in [1.165, 1.54) is 11.0 Å². The predicted octanol–water partition coefficient (Wildman–Crippen LogP) is 3.24. The van der Waals surface area contributed by atoms with Crippen molar-refractivity contribution in [1.82, 2.24) is 4.90 Å². The summed E-state index contributed by atoms with van der Waals surface area (Å²) in [5, 5.41) is 8.87. The van der Waals surface area contributed by atoms with Crippen molar-refractivity contribution < 1.29 is 47.3 Å². The molecule has 0 saturated carbocycles. The van der Waals surface area contributed by atoms with E-state index in [-0.39, 0.29) is 36.2 Å². The molecule has 3 N–H and O–H groups in total. The molecule has 3 amide bonds. The number of ether oxygens (including phenoxy) is 2. The Morgan fingerprint density at radius 1 is 1.29 bits per heavy atom. The molecule has 0 radical (unpaired) electrons. The van der Waals surface area contributed by atoms with Crippen molar-refractivity contribution >= 4 is 40.3 Å². The van der Waals surface area contributed by atoms with Gasteiger partial charge in [-0.05, 0) is 43.4 Å². The summed E-state index contributed by atoms with van der Waals surface area (Å²) >= 11 is 0. The van der Waals surface area contributed by atoms with Crippen molar-refractivity contribution in [3.8, 4) is 0 Å². The van der Waals surface area contributed by atoms with E-state index in [0.29, 0.717) is 23.3 Å². The third-order valence-electron chi connectivity index (χ3n) is 5.81. The van der Waals surface area contributed by atoms with Crippen LogP contribution in [0.1, 0.15) is 38.2 Å². The minimum Gasteiger partial charge on any atom is -0.479 e. The number of carbonyl (C=O) groups excluding carboxylic acids is 3. The number of rotatable bonds is 6. The standard InChI is InChI=1S/C21H27FN2O9S/c1-12(19(26)27)32-20(28)23(13(2)25)10-16-11-24(21(29)33-16)15-3-4-17(18(22)9-15)14-5-7-34(30,31)8-6-14/h3-4,9,12,14,16,30-31H,5-8,10-11H2,1-2H3,(H,26,27)/t12?,16-/m0/s1. The molecule has 0 spiro atoms. The molecule has 34 heavy (non-hydrogen) atoms. The Hall–Kier alpha value is -2.90. The third-order valence-corrected chi connectivity index (χ3v) is 7.59. The number of imide groups is 1. The predicted molar refractivity (Wildman–Crippen MR) is 120 cm³/mol. The van der Waals surface area contributed by atoms with E-state index in [2.05, 4.69) is 0 Å². The first-order valence-corrected chi connectivity index (χ1v) is 12.5. The lowest BCUT2D eigenvalue weighted by atomic mass is 9.93. The number of aliphatic carboxylic acids is 1. The van der Waals surface area contributed by atoms with Gasteiger partial charge in [0.15, 0.2) is 6.10 Å². The van der Waals surface area contributed by atoms with Crippen LogP contribution in [0.3, 0.4) is 0 Å². The van der Waals surface area contributed by atoms with E-state index >= 15 is 0 Å². The van der Waals surface area contributed by atoms with Crippen LogP contribution in [0.5, 0.6) is 0 Å². The van der Waals surface area contributed by atoms with Gasteiger partial charge in [-0.1, -0.05) is 6.07 Å². The highest BCUT2D eigenvalue weighted by Crippen LogP contribution is 2.48. The van der Waals surface area contributed by atoms with Crippen LogP contribution in [0.4, 0.5) is 19.7 Å². The average molecular weight is 503 g/mol. The maximum atomic E-state index is 14.9. The molecule has 0 aliphatic carbocycles. The summed E-state index contributed by atoms with van der Waals surface area (Å²) < 4.78 is 44.3. The summed E-state index contributed by atoms with van der Waals surface area (Å²) in [6.45, 7) is 1.78. The van der Waals surface area contributed by atoms with E-state index in [0.717, 1.165) is 13.8 Å². The minimum absolute atomic E-state index is 0.0759. The Morgan fingerprint density at radius 3 is 2.50 bits per heavy atom. The number of hydrogen-bond acceptors (Lipinski definition) is 8. The van der Waals surface area contributed by atoms with Crippen molar-refractivity contribution in [3.63, 3.8) is 0 Å². The minimum atomic E-state index is -2.59. The molecule has 1 unspecified atom stereocenters. The number of carboxylic acids is 1. The van der Waals surface area contributed by atoms with E-state index < -0.39 is 52.7 Å². The number of carbonyl (C=O) groups is 4. The number of nitrogens with zero attached hydrogens (tertiary/aromatic N) is 2. The smallest absolute Gasteiger partial charge is 0.417 e. The van der Waals surface area contributed by atoms with Crippen LogP contribution in [0.25, 0.3) is 0 Å². The molecule has 13 heteroatoms. The first-order chi connectivity index (χ1) is 15.9. The zero-order valence-electron chi connectivity index (χ0n) is 18.7. The Kier molecular flexibility index (Phi) is 7.68. The fraction of sp³-hybridized carbons (Fsp3) is 0.524. The third kappa shape index (κ3) is 5.96. The maximum Gasteiger partial charge on any atom is 0.417 e. The molecule has 2 fully saturated rings. The molecule has 2 aliphatic heterocycles. The van der Waals surface area contributed by atoms with Gasteiger partial charge in [0, 0.05) is 18.4 Å². The second-order valence-electron chi connectivity index (χ2n) is 8.30. The van der Waals surface area contributed by atoms with Crippen molar-refractivity contribution in [2.45, 2.75) is 44.8 Å². The number of hydrogen-bond donors (Lipinski definition) is 3. The molecule has 2 saturated heterocycles. The molecular formula is C21H27FN2O9S. The highest BCUT2D eigenvalue weighted by molar-refractivity contribution is 8.24. The summed E-state index contributed by atoms with van der Waals surface area (Å²) in [5.41, 5.74) is 0.658. The van der Waals surface area contributed by atoms with Crippen LogP contribution in [-0.2, 0) is 19.1 Å². The van der Waals surface area contributed by atoms with Gasteiger partial charge in [-0.2, -0.15) is 10.6 Å². The summed E-state index contributed by atoms with van der Waals surface area (Å²) in [6, 6.07) is 4.30. The number of anilines is 1. The quantitative estimate of drug-likeness (QED) is 0.532. The molecular weight excluding hydrogens is 475 g/mol. The van der Waals surface area contributed by atoms with Crippen LogP contribution in [-0.4, -0.2) is 80.0 Å². The molecule has 1 aromatic carbocycles. The Balaban J connectivity index is 1.66. The summed E-state index contributed by atoms with van der Waals surface area (Å²) in [7, 11) is -2.59. The normalized spacial score (nSPS) is 22.0. The Labute approximate surface area is 196 Å². The van der Waals surface area contributed by atoms with E-state index in [4.69, 9.17) is 14.6 Å². The van der Waals surface area contributed by atoms with Crippen LogP contribution < -0.4 is 4.90 Å². The maximum absolute atomic E-state index is 14.9. The first kappa shape index (κ1) is 25.7. The van der Waals surface area contributed by atoms with Crippen molar-refractivity contribution in [2.24, 2.45) is 0 Å². The highest BCUT2D eigenvalue weighted by atomic mass is 32.3. The van der Waals surface area contributed by atoms with Gasteiger partial charge in [-0.25, -0.2) is 23.7 Å². The van der Waals surface area contributed by atoms with Gasteiger partial charge in [-0.15, -0.1) is 0 Å². The van der Waals surface area contributed by atoms with Gasteiger partial charge in [0.25, 0.3) is 0 Å². The van der Waals surface area contributed by atoms with Gasteiger partial charge < -0.3 is 14.6 Å². The lowest BCUT2D eigenvalue weighted by molar-refractivity contribution is -0.147. The van der Waals surface area contributed by atoms with E-state index in [1.54, 1.807) is 12.1 Å². The Morgan fingerprint density at radius 2 is 1.94 bits per heavy atom. The van der Waals surface area contributed by atoms with Gasteiger partial charge in [0.1, 0.15) is 11.9 Å². The highest BCUT2D eigenvalue weighted by Gasteiger charge is 2.37. The molecule has 2 atom stereocenters. The average Bonchev–Trinajstić information content (AvgIpc) is 3.12. The Bertz CT molecular complexity index is 979. The molecule has 3 rings (SSSR count). The topological polar surface area (TPSA) is 154 Å². The zero-order chi connectivity index (χ0) is 25.2. The van der Waals surface area contributed by atoms with Gasteiger partial charge in [-0.3, -0.25) is 18.8 Å². The molecule has 0 aromatic heterocycles. The number of benzene rings is 1. The van der Waals surface area contributed by atoms with Crippen molar-refractivity contribution in [3.05, 3.63) is 29.6 Å². The van der Waals surface area contributed by atoms with Crippen molar-refractivity contribution in [2.75, 3.05) is 29.5 Å². The first-order valence-electron chi connectivity index (χ1n) is 10.6. The van der Waals surface area contributed by atoms with Crippen molar-refractivity contribution in [1.29, 1.82) is 0 Å². The lowest BCUT2D eigenvalue weighted by Crippen LogP contribution is -2.44. The molecule has 11 nitrogen and oxygen atoms in total. The second kappa shape index (κ2) is 10.2. The second-order valence-corrected chi connectivity index (χ2v) is 10.7. The summed E-state index contributed by atoms with van der Waals surface area (Å²) in [5.74, 6) is -2.36. The fourth-order valence-corrected chi connectivity index (χ4v) is 5.39. The van der Waals surface area contributed by atoms with E-state index in [1.807, 2.05) is 0 Å². The van der Waals surface area contributed by atoms with Gasteiger partial charge >= 0.3 is 18.2 Å². The molecule has 0 bridgehead atoms. The number of halogens is 1. The largest absolute Gasteiger partial charge is 0.479 e. The SMILES string of the molecule is CC(=O)N(C[C@H]1CN(c2ccc(C3CCS(O)(O)CC3)c(F)c2)C(=O)O1)C(=O)OC(C)C(=O)O. The van der Waals surface area contributed by atoms with Crippen LogP contribution in [0, 0.1) is 5.82 Å². The summed E-state index contributed by atoms with van der Waals surface area (Å²) in [4.78, 5) is 49.1. The van der Waals surface area contributed by atoms with Gasteiger partial charge in [0.05, 0.1) is 18.8 Å². The summed E-state index contributed by atoms with van der Waals surface area (Å²) in [6.07, 6.45) is -3.49. The van der Waals surface area contributed by atoms with Crippen LogP contribution >= 0.6 is 10.6 Å². The monoisotopic (exact) mass is 502 g/mol.